The van der Waals surface area contributed by atoms with Crippen molar-refractivity contribution in [3.05, 3.63) is 88.5 Å². The fraction of sp³-hybridized carbons (Fsp3) is 0.296. The maximum Gasteiger partial charge on any atom is 0.337 e. The lowest BCUT2D eigenvalue weighted by atomic mass is 9.87. The first-order valence-corrected chi connectivity index (χ1v) is 10.9. The van der Waals surface area contributed by atoms with Gasteiger partial charge in [-0.3, -0.25) is 4.90 Å². The summed E-state index contributed by atoms with van der Waals surface area (Å²) >= 11 is 0. The monoisotopic (exact) mass is 447 g/mol. The summed E-state index contributed by atoms with van der Waals surface area (Å²) in [7, 11) is 6.39. The lowest BCUT2D eigenvalue weighted by Gasteiger charge is -2.38. The van der Waals surface area contributed by atoms with Gasteiger partial charge in [0.05, 0.1) is 40.0 Å². The molecule has 0 N–H and O–H groups in total. The highest BCUT2D eigenvalue weighted by molar-refractivity contribution is 5.89. The van der Waals surface area contributed by atoms with Crippen LogP contribution in [0.4, 0.5) is 0 Å². The largest absolute Gasteiger partial charge is 0.497 e. The van der Waals surface area contributed by atoms with Crippen molar-refractivity contribution in [2.45, 2.75) is 19.0 Å². The summed E-state index contributed by atoms with van der Waals surface area (Å²) < 4.78 is 21.3. The van der Waals surface area contributed by atoms with E-state index in [2.05, 4.69) is 29.2 Å². The van der Waals surface area contributed by atoms with E-state index in [1.807, 2.05) is 36.4 Å². The SMILES string of the molecule is COC(=O)c1ccc(CN2CCc3cc(OC)c(OC)cc3C2c2ccc(OC)cc2)cc1. The number of carbonyl (C=O) groups is 1. The Hall–Kier alpha value is -3.51. The van der Waals surface area contributed by atoms with Crippen LogP contribution in [0, 0.1) is 0 Å². The van der Waals surface area contributed by atoms with Gasteiger partial charge in [-0.15, -0.1) is 0 Å². The van der Waals surface area contributed by atoms with Crippen LogP contribution in [0.2, 0.25) is 0 Å². The minimum Gasteiger partial charge on any atom is -0.497 e. The Balaban J connectivity index is 1.72. The molecule has 33 heavy (non-hydrogen) atoms. The fourth-order valence-corrected chi connectivity index (χ4v) is 4.44. The van der Waals surface area contributed by atoms with Crippen LogP contribution in [0.3, 0.4) is 0 Å². The van der Waals surface area contributed by atoms with E-state index in [9.17, 15) is 4.79 Å². The molecule has 4 rings (SSSR count). The third-order valence-electron chi connectivity index (χ3n) is 6.17. The second kappa shape index (κ2) is 9.96. The zero-order valence-corrected chi connectivity index (χ0v) is 19.5. The van der Waals surface area contributed by atoms with E-state index in [0.717, 1.165) is 42.3 Å². The highest BCUT2D eigenvalue weighted by atomic mass is 16.5. The van der Waals surface area contributed by atoms with Crippen LogP contribution in [0.25, 0.3) is 0 Å². The summed E-state index contributed by atoms with van der Waals surface area (Å²) in [4.78, 5) is 14.2. The second-order valence-corrected chi connectivity index (χ2v) is 7.99. The Kier molecular flexibility index (Phi) is 6.84. The number of hydrogen-bond acceptors (Lipinski definition) is 6. The molecule has 3 aromatic rings. The van der Waals surface area contributed by atoms with Crippen molar-refractivity contribution in [1.82, 2.24) is 4.90 Å². The number of nitrogens with zero attached hydrogens (tertiary/aromatic N) is 1. The predicted octanol–water partition coefficient (Wildman–Crippen LogP) is 4.65. The van der Waals surface area contributed by atoms with Crippen LogP contribution < -0.4 is 14.2 Å². The first kappa shape index (κ1) is 22.7. The molecule has 3 aromatic carbocycles. The Bertz CT molecular complexity index is 1110. The number of methoxy groups -OCH3 is 4. The number of esters is 1. The van der Waals surface area contributed by atoms with Gasteiger partial charge in [-0.2, -0.15) is 0 Å². The van der Waals surface area contributed by atoms with Gasteiger partial charge in [0.15, 0.2) is 11.5 Å². The molecule has 0 spiro atoms. The van der Waals surface area contributed by atoms with Crippen molar-refractivity contribution < 1.29 is 23.7 Å². The van der Waals surface area contributed by atoms with E-state index in [-0.39, 0.29) is 12.0 Å². The topological polar surface area (TPSA) is 57.2 Å². The molecule has 0 saturated heterocycles. The molecule has 0 amide bonds. The Labute approximate surface area is 194 Å². The van der Waals surface area contributed by atoms with E-state index < -0.39 is 0 Å². The van der Waals surface area contributed by atoms with Crippen molar-refractivity contribution in [3.63, 3.8) is 0 Å². The normalized spacial score (nSPS) is 15.5. The van der Waals surface area contributed by atoms with Gasteiger partial charge in [-0.05, 0) is 65.1 Å². The van der Waals surface area contributed by atoms with Crippen LogP contribution in [0.15, 0.2) is 60.7 Å². The third-order valence-corrected chi connectivity index (χ3v) is 6.17. The van der Waals surface area contributed by atoms with Gasteiger partial charge < -0.3 is 18.9 Å². The molecule has 1 atom stereocenters. The van der Waals surface area contributed by atoms with Crippen molar-refractivity contribution in [3.8, 4) is 17.2 Å². The minimum absolute atomic E-state index is 0.0414. The van der Waals surface area contributed by atoms with E-state index in [1.54, 1.807) is 21.3 Å². The third kappa shape index (κ3) is 4.66. The summed E-state index contributed by atoms with van der Waals surface area (Å²) in [6.45, 7) is 1.63. The summed E-state index contributed by atoms with van der Waals surface area (Å²) in [6, 6.07) is 20.0. The molecule has 0 saturated carbocycles. The maximum absolute atomic E-state index is 11.8. The summed E-state index contributed by atoms with van der Waals surface area (Å²) in [5, 5.41) is 0. The van der Waals surface area contributed by atoms with Gasteiger partial charge in [0, 0.05) is 13.1 Å². The molecule has 0 bridgehead atoms. The number of ether oxygens (including phenoxy) is 4. The molecule has 172 valence electrons. The molecule has 0 radical (unpaired) electrons. The predicted molar refractivity (Wildman–Crippen MR) is 126 cm³/mol. The lowest BCUT2D eigenvalue weighted by Crippen LogP contribution is -2.35. The van der Waals surface area contributed by atoms with Crippen LogP contribution in [0.5, 0.6) is 17.2 Å². The zero-order chi connectivity index (χ0) is 23.4. The van der Waals surface area contributed by atoms with Gasteiger partial charge in [-0.1, -0.05) is 24.3 Å². The van der Waals surface area contributed by atoms with E-state index >= 15 is 0 Å². The van der Waals surface area contributed by atoms with Gasteiger partial charge >= 0.3 is 5.97 Å². The maximum atomic E-state index is 11.8. The molecular formula is C27H29NO5. The number of fused-ring (bicyclic) bond motifs is 1. The number of benzene rings is 3. The van der Waals surface area contributed by atoms with E-state index in [1.165, 1.54) is 23.8 Å². The number of hydrogen-bond donors (Lipinski definition) is 0. The minimum atomic E-state index is -0.328. The number of rotatable bonds is 7. The molecule has 0 aromatic heterocycles. The van der Waals surface area contributed by atoms with Gasteiger partial charge in [0.25, 0.3) is 0 Å². The Morgan fingerprint density at radius 2 is 1.55 bits per heavy atom. The zero-order valence-electron chi connectivity index (χ0n) is 19.5. The van der Waals surface area contributed by atoms with Crippen molar-refractivity contribution in [2.24, 2.45) is 0 Å². The molecule has 1 aliphatic rings. The van der Waals surface area contributed by atoms with Crippen molar-refractivity contribution >= 4 is 5.97 Å². The smallest absolute Gasteiger partial charge is 0.337 e. The molecule has 6 nitrogen and oxygen atoms in total. The molecule has 1 heterocycles. The highest BCUT2D eigenvalue weighted by Gasteiger charge is 2.30. The summed E-state index contributed by atoms with van der Waals surface area (Å²) in [5.41, 5.74) is 5.31. The molecule has 1 aliphatic heterocycles. The van der Waals surface area contributed by atoms with Crippen LogP contribution in [0.1, 0.15) is 38.7 Å². The lowest BCUT2D eigenvalue weighted by molar-refractivity contribution is 0.0600. The fourth-order valence-electron chi connectivity index (χ4n) is 4.44. The first-order valence-electron chi connectivity index (χ1n) is 10.9. The average molecular weight is 448 g/mol. The summed E-state index contributed by atoms with van der Waals surface area (Å²) in [5.74, 6) is 1.97. The first-order chi connectivity index (χ1) is 16.1. The average Bonchev–Trinajstić information content (AvgIpc) is 2.87. The Morgan fingerprint density at radius 3 is 2.15 bits per heavy atom. The molecular weight excluding hydrogens is 418 g/mol. The van der Waals surface area contributed by atoms with Crippen LogP contribution >= 0.6 is 0 Å². The van der Waals surface area contributed by atoms with Crippen molar-refractivity contribution in [2.75, 3.05) is 35.0 Å². The van der Waals surface area contributed by atoms with Gasteiger partial charge in [-0.25, -0.2) is 4.79 Å². The Morgan fingerprint density at radius 1 is 0.879 bits per heavy atom. The quantitative estimate of drug-likeness (QED) is 0.492. The van der Waals surface area contributed by atoms with Gasteiger partial charge in [0.2, 0.25) is 0 Å². The molecule has 0 aliphatic carbocycles. The second-order valence-electron chi connectivity index (χ2n) is 7.99. The highest BCUT2D eigenvalue weighted by Crippen LogP contribution is 2.41. The summed E-state index contributed by atoms with van der Waals surface area (Å²) in [6.07, 6.45) is 0.905. The van der Waals surface area contributed by atoms with Crippen LogP contribution in [-0.4, -0.2) is 45.9 Å². The van der Waals surface area contributed by atoms with E-state index in [4.69, 9.17) is 18.9 Å². The van der Waals surface area contributed by atoms with Crippen LogP contribution in [-0.2, 0) is 17.7 Å². The van der Waals surface area contributed by atoms with E-state index in [0.29, 0.717) is 5.56 Å². The standard InChI is InChI=1S/C27H29NO5/c1-30-22-11-9-19(10-12-22)26-23-16-25(32-3)24(31-2)15-21(23)13-14-28(26)17-18-5-7-20(8-6-18)27(29)33-4/h5-12,15-16,26H,13-14,17H2,1-4H3. The van der Waals surface area contributed by atoms with Gasteiger partial charge in [0.1, 0.15) is 5.75 Å². The van der Waals surface area contributed by atoms with Crippen molar-refractivity contribution in [1.29, 1.82) is 0 Å². The molecule has 6 heteroatoms. The number of carbonyl (C=O) groups excluding carboxylic acids is 1. The molecule has 1 unspecified atom stereocenters. The molecule has 0 fully saturated rings.